The average Bonchev–Trinajstić information content (AvgIpc) is 3.05. The summed E-state index contributed by atoms with van der Waals surface area (Å²) in [6.07, 6.45) is -2.40. The van der Waals surface area contributed by atoms with Gasteiger partial charge in [-0.1, -0.05) is 18.2 Å². The van der Waals surface area contributed by atoms with Crippen molar-refractivity contribution in [1.29, 1.82) is 0 Å². The number of nitrogens with one attached hydrogen (secondary N) is 1. The van der Waals surface area contributed by atoms with Crippen LogP contribution in [-0.2, 0) is 22.9 Å². The lowest BCUT2D eigenvalue weighted by Gasteiger charge is -2.28. The summed E-state index contributed by atoms with van der Waals surface area (Å²) in [6, 6.07) is 8.76. The van der Waals surface area contributed by atoms with E-state index in [-0.39, 0.29) is 11.2 Å². The van der Waals surface area contributed by atoms with Crippen molar-refractivity contribution in [1.82, 2.24) is 10.3 Å². The number of hydrogen-bond acceptors (Lipinski definition) is 3. The lowest BCUT2D eigenvalue weighted by molar-refractivity contribution is -0.141. The first-order chi connectivity index (χ1) is 11.9. The van der Waals surface area contributed by atoms with Gasteiger partial charge in [-0.2, -0.15) is 13.2 Å². The Morgan fingerprint density at radius 3 is 2.44 bits per heavy atom. The molecule has 1 aromatic heterocycles. The molecule has 0 radical (unpaired) electrons. The minimum atomic E-state index is -4.43. The molecule has 1 atom stereocenters. The maximum Gasteiger partial charge on any atom is 0.433 e. The Hall–Kier alpha value is -1.99. The minimum Gasteiger partial charge on any atom is -0.380 e. The zero-order valence-electron chi connectivity index (χ0n) is 13.4. The number of nitrogens with zero attached hydrogens (tertiary/aromatic N) is 1. The molecule has 134 valence electrons. The summed E-state index contributed by atoms with van der Waals surface area (Å²) in [5.41, 5.74) is 0.501. The van der Waals surface area contributed by atoms with Crippen LogP contribution in [0.3, 0.4) is 0 Å². The predicted molar refractivity (Wildman–Crippen MR) is 84.5 cm³/mol. The summed E-state index contributed by atoms with van der Waals surface area (Å²) in [5.74, 6) is -0.290. The molecule has 2 heterocycles. The van der Waals surface area contributed by atoms with Crippen LogP contribution in [0.5, 0.6) is 0 Å². The predicted octanol–water partition coefficient (Wildman–Crippen LogP) is 3.69. The highest BCUT2D eigenvalue weighted by Crippen LogP contribution is 2.33. The lowest BCUT2D eigenvalue weighted by atomic mass is 9.79. The molecule has 1 aromatic carbocycles. The quantitative estimate of drug-likeness (QED) is 0.832. The second-order valence-corrected chi connectivity index (χ2v) is 6.24. The summed E-state index contributed by atoms with van der Waals surface area (Å²) in [6.45, 7) is 2.13. The molecule has 1 N–H and O–H groups in total. The first-order valence-corrected chi connectivity index (χ1v) is 7.96. The van der Waals surface area contributed by atoms with Crippen molar-refractivity contribution < 1.29 is 22.3 Å². The van der Waals surface area contributed by atoms with Gasteiger partial charge in [-0.3, -0.25) is 4.98 Å². The SMILES string of the molecule is Fc1ccc([C@@]2(CNCc3ccc(C(F)(F)F)nc3)CCOC2)cc1. The van der Waals surface area contributed by atoms with E-state index in [0.717, 1.165) is 18.1 Å². The van der Waals surface area contributed by atoms with E-state index in [2.05, 4.69) is 10.3 Å². The normalized spacial score (nSPS) is 20.8. The van der Waals surface area contributed by atoms with Crippen molar-refractivity contribution in [2.75, 3.05) is 19.8 Å². The molecule has 25 heavy (non-hydrogen) atoms. The molecule has 1 aliphatic heterocycles. The van der Waals surface area contributed by atoms with Crippen LogP contribution in [0.25, 0.3) is 0 Å². The third-order valence-electron chi connectivity index (χ3n) is 4.47. The number of ether oxygens (including phenoxy) is 1. The van der Waals surface area contributed by atoms with Gasteiger partial charge < -0.3 is 10.1 Å². The molecule has 7 heteroatoms. The van der Waals surface area contributed by atoms with Crippen LogP contribution in [-0.4, -0.2) is 24.7 Å². The number of benzene rings is 1. The summed E-state index contributed by atoms with van der Waals surface area (Å²) >= 11 is 0. The molecule has 3 rings (SSSR count). The fourth-order valence-corrected chi connectivity index (χ4v) is 3.02. The van der Waals surface area contributed by atoms with Gasteiger partial charge in [0.2, 0.25) is 0 Å². The van der Waals surface area contributed by atoms with Gasteiger partial charge in [0.15, 0.2) is 0 Å². The number of aromatic nitrogens is 1. The van der Waals surface area contributed by atoms with E-state index in [1.165, 1.54) is 24.4 Å². The summed E-state index contributed by atoms with van der Waals surface area (Å²) in [5, 5.41) is 3.26. The van der Waals surface area contributed by atoms with Crippen LogP contribution in [0, 0.1) is 5.82 Å². The van der Waals surface area contributed by atoms with Crippen LogP contribution in [0.1, 0.15) is 23.2 Å². The van der Waals surface area contributed by atoms with Gasteiger partial charge in [0.05, 0.1) is 6.61 Å². The Balaban J connectivity index is 1.64. The van der Waals surface area contributed by atoms with E-state index in [0.29, 0.717) is 31.9 Å². The smallest absolute Gasteiger partial charge is 0.380 e. The van der Waals surface area contributed by atoms with Crippen LogP contribution >= 0.6 is 0 Å². The molecule has 0 amide bonds. The molecule has 0 aliphatic carbocycles. The molecule has 0 unspecified atom stereocenters. The first-order valence-electron chi connectivity index (χ1n) is 7.96. The highest BCUT2D eigenvalue weighted by Gasteiger charge is 2.36. The van der Waals surface area contributed by atoms with Crippen molar-refractivity contribution in [3.63, 3.8) is 0 Å². The fraction of sp³-hybridized carbons (Fsp3) is 0.389. The molecule has 1 saturated heterocycles. The molecule has 0 saturated carbocycles. The van der Waals surface area contributed by atoms with E-state index >= 15 is 0 Å². The van der Waals surface area contributed by atoms with E-state index in [9.17, 15) is 17.6 Å². The zero-order chi connectivity index (χ0) is 17.9. The first kappa shape index (κ1) is 17.8. The molecule has 0 bridgehead atoms. The number of alkyl halides is 3. The number of pyridine rings is 1. The third kappa shape index (κ3) is 4.16. The second kappa shape index (κ2) is 7.09. The number of rotatable bonds is 5. The van der Waals surface area contributed by atoms with E-state index in [1.54, 1.807) is 12.1 Å². The van der Waals surface area contributed by atoms with Gasteiger partial charge in [-0.25, -0.2) is 4.39 Å². The Morgan fingerprint density at radius 1 is 1.12 bits per heavy atom. The van der Waals surface area contributed by atoms with Crippen molar-refractivity contribution in [2.24, 2.45) is 0 Å². The zero-order valence-corrected chi connectivity index (χ0v) is 13.4. The fourth-order valence-electron chi connectivity index (χ4n) is 3.02. The van der Waals surface area contributed by atoms with Crippen molar-refractivity contribution in [3.8, 4) is 0 Å². The molecule has 1 aliphatic rings. The molecule has 0 spiro atoms. The molecule has 3 nitrogen and oxygen atoms in total. The van der Waals surface area contributed by atoms with Crippen molar-refractivity contribution >= 4 is 0 Å². The Kier molecular flexibility index (Phi) is 5.06. The number of hydrogen-bond donors (Lipinski definition) is 1. The van der Waals surface area contributed by atoms with Crippen LogP contribution < -0.4 is 5.32 Å². The van der Waals surface area contributed by atoms with Crippen LogP contribution in [0.15, 0.2) is 42.6 Å². The molecular formula is C18H18F4N2O. The van der Waals surface area contributed by atoms with Gasteiger partial charge in [0, 0.05) is 31.3 Å². The van der Waals surface area contributed by atoms with E-state index in [4.69, 9.17) is 4.74 Å². The topological polar surface area (TPSA) is 34.2 Å². The van der Waals surface area contributed by atoms with Crippen molar-refractivity contribution in [2.45, 2.75) is 24.6 Å². The van der Waals surface area contributed by atoms with E-state index in [1.807, 2.05) is 0 Å². The maximum absolute atomic E-state index is 13.2. The molecular weight excluding hydrogens is 336 g/mol. The van der Waals surface area contributed by atoms with Gasteiger partial charge in [-0.15, -0.1) is 0 Å². The standard InChI is InChI=1S/C18H18F4N2O/c19-15-4-2-14(3-5-15)17(7-8-25-12-17)11-23-9-13-1-6-16(24-10-13)18(20,21)22/h1-6,10,23H,7-9,11-12H2/t17-/m1/s1. The monoisotopic (exact) mass is 354 g/mol. The largest absolute Gasteiger partial charge is 0.433 e. The summed E-state index contributed by atoms with van der Waals surface area (Å²) < 4.78 is 56.3. The van der Waals surface area contributed by atoms with Crippen LogP contribution in [0.4, 0.5) is 17.6 Å². The van der Waals surface area contributed by atoms with E-state index < -0.39 is 11.9 Å². The highest BCUT2D eigenvalue weighted by atomic mass is 19.4. The lowest BCUT2D eigenvalue weighted by Crippen LogP contribution is -2.38. The average molecular weight is 354 g/mol. The second-order valence-electron chi connectivity index (χ2n) is 6.24. The summed E-state index contributed by atoms with van der Waals surface area (Å²) in [7, 11) is 0. The van der Waals surface area contributed by atoms with Gasteiger partial charge in [0.25, 0.3) is 0 Å². The Bertz CT molecular complexity index is 693. The highest BCUT2D eigenvalue weighted by molar-refractivity contribution is 5.28. The number of halogens is 4. The Labute approximate surface area is 143 Å². The Morgan fingerprint density at radius 2 is 1.88 bits per heavy atom. The van der Waals surface area contributed by atoms with Crippen molar-refractivity contribution in [3.05, 3.63) is 65.2 Å². The van der Waals surface area contributed by atoms with Gasteiger partial charge >= 0.3 is 6.18 Å². The van der Waals surface area contributed by atoms with Crippen LogP contribution in [0.2, 0.25) is 0 Å². The molecule has 2 aromatic rings. The maximum atomic E-state index is 13.2. The molecule has 1 fully saturated rings. The van der Waals surface area contributed by atoms with Gasteiger partial charge in [-0.05, 0) is 35.7 Å². The third-order valence-corrected chi connectivity index (χ3v) is 4.47. The minimum absolute atomic E-state index is 0.257. The van der Waals surface area contributed by atoms with Gasteiger partial charge in [0.1, 0.15) is 11.5 Å². The summed E-state index contributed by atoms with van der Waals surface area (Å²) in [4.78, 5) is 3.45.